The number of halogens is 1. The first-order valence-electron chi connectivity index (χ1n) is 7.92. The van der Waals surface area contributed by atoms with E-state index in [-0.39, 0.29) is 6.61 Å². The lowest BCUT2D eigenvalue weighted by molar-refractivity contribution is 0.0519. The van der Waals surface area contributed by atoms with Gasteiger partial charge in [-0.1, -0.05) is 25.5 Å². The van der Waals surface area contributed by atoms with Gasteiger partial charge >= 0.3 is 11.9 Å². The maximum atomic E-state index is 12.5. The summed E-state index contributed by atoms with van der Waals surface area (Å²) >= 11 is 2.11. The second-order valence-electron chi connectivity index (χ2n) is 5.20. The van der Waals surface area contributed by atoms with E-state index in [2.05, 4.69) is 34.5 Å². The summed E-state index contributed by atoms with van der Waals surface area (Å²) in [4.78, 5) is 27.5. The van der Waals surface area contributed by atoms with Crippen molar-refractivity contribution in [1.82, 2.24) is 4.98 Å². The minimum Gasteiger partial charge on any atom is -0.461 e. The quantitative estimate of drug-likeness (QED) is 0.394. The van der Waals surface area contributed by atoms with Crippen molar-refractivity contribution in [3.8, 4) is 5.75 Å². The molecule has 1 heterocycles. The number of hydrogen-bond donors (Lipinski definition) is 1. The van der Waals surface area contributed by atoms with E-state index in [1.165, 1.54) is 6.20 Å². The second-order valence-corrected chi connectivity index (χ2v) is 6.36. The Labute approximate surface area is 154 Å². The fraction of sp³-hybridized carbons (Fsp3) is 0.333. The van der Waals surface area contributed by atoms with Crippen LogP contribution in [0.2, 0.25) is 0 Å². The average molecular weight is 441 g/mol. The molecule has 0 amide bonds. The maximum Gasteiger partial charge on any atom is 0.355 e. The molecule has 128 valence electrons. The molecule has 2 aromatic rings. The highest BCUT2D eigenvalue weighted by molar-refractivity contribution is 14.1. The third kappa shape index (κ3) is 4.37. The van der Waals surface area contributed by atoms with Crippen LogP contribution >= 0.6 is 22.6 Å². The Bertz CT molecular complexity index is 724. The van der Waals surface area contributed by atoms with E-state index in [9.17, 15) is 9.59 Å². The molecule has 0 aliphatic rings. The van der Waals surface area contributed by atoms with Crippen LogP contribution in [0.5, 0.6) is 5.75 Å². The van der Waals surface area contributed by atoms with Gasteiger partial charge in [0.2, 0.25) is 0 Å². The number of nitrogens with one attached hydrogen (secondary N) is 1. The van der Waals surface area contributed by atoms with Gasteiger partial charge in [-0.2, -0.15) is 0 Å². The van der Waals surface area contributed by atoms with Crippen LogP contribution in [0.4, 0.5) is 0 Å². The summed E-state index contributed by atoms with van der Waals surface area (Å²) < 4.78 is 11.4. The lowest BCUT2D eigenvalue weighted by atomic mass is 10.0. The standard InChI is InChI=1S/C18H20INO4/c1-3-5-8-12-13(11-20-16(12)18(22)23-4-2)17(21)24-15-10-7-6-9-14(15)19/h6-7,9-11,20H,3-5,8H2,1-2H3. The number of carbonyl (C=O) groups excluding carboxylic acids is 2. The molecule has 0 radical (unpaired) electrons. The number of aromatic amines is 1. The van der Waals surface area contributed by atoms with Crippen molar-refractivity contribution in [1.29, 1.82) is 0 Å². The molecule has 2 rings (SSSR count). The molecule has 0 spiro atoms. The van der Waals surface area contributed by atoms with Gasteiger partial charge in [0.1, 0.15) is 11.4 Å². The van der Waals surface area contributed by atoms with E-state index in [4.69, 9.17) is 9.47 Å². The third-order valence-electron chi connectivity index (χ3n) is 3.51. The normalized spacial score (nSPS) is 10.5. The SMILES string of the molecule is CCCCc1c(C(=O)Oc2ccccc2I)c[nH]c1C(=O)OCC. The molecule has 0 saturated heterocycles. The number of para-hydroxylation sites is 1. The molecular formula is C18H20INO4. The van der Waals surface area contributed by atoms with Gasteiger partial charge in [0.25, 0.3) is 0 Å². The lowest BCUT2D eigenvalue weighted by Crippen LogP contribution is -2.13. The van der Waals surface area contributed by atoms with Gasteiger partial charge in [0.05, 0.1) is 15.7 Å². The maximum absolute atomic E-state index is 12.5. The monoisotopic (exact) mass is 441 g/mol. The molecule has 0 fully saturated rings. The van der Waals surface area contributed by atoms with Gasteiger partial charge in [-0.05, 0) is 60.1 Å². The van der Waals surface area contributed by atoms with Gasteiger partial charge in [-0.25, -0.2) is 9.59 Å². The molecule has 6 heteroatoms. The molecule has 0 bridgehead atoms. The van der Waals surface area contributed by atoms with Gasteiger partial charge in [-0.15, -0.1) is 0 Å². The van der Waals surface area contributed by atoms with Crippen LogP contribution in [0.3, 0.4) is 0 Å². The van der Waals surface area contributed by atoms with Crippen LogP contribution < -0.4 is 4.74 Å². The first-order chi connectivity index (χ1) is 11.6. The highest BCUT2D eigenvalue weighted by Crippen LogP contribution is 2.24. The number of aromatic nitrogens is 1. The van der Waals surface area contributed by atoms with Gasteiger partial charge in [0, 0.05) is 6.20 Å². The topological polar surface area (TPSA) is 68.4 Å². The molecular weight excluding hydrogens is 421 g/mol. The van der Waals surface area contributed by atoms with Crippen molar-refractivity contribution in [3.63, 3.8) is 0 Å². The zero-order valence-corrected chi connectivity index (χ0v) is 15.9. The van der Waals surface area contributed by atoms with Crippen LogP contribution in [0.15, 0.2) is 30.5 Å². The Balaban J connectivity index is 2.29. The summed E-state index contributed by atoms with van der Waals surface area (Å²) in [6.45, 7) is 4.09. The Morgan fingerprint density at radius 1 is 1.17 bits per heavy atom. The molecule has 0 atom stereocenters. The van der Waals surface area contributed by atoms with Crippen LogP contribution in [0.1, 0.15) is 53.1 Å². The van der Waals surface area contributed by atoms with Crippen molar-refractivity contribution in [2.75, 3.05) is 6.61 Å². The second kappa shape index (κ2) is 8.86. The predicted molar refractivity (Wildman–Crippen MR) is 99.5 cm³/mol. The Morgan fingerprint density at radius 2 is 1.92 bits per heavy atom. The van der Waals surface area contributed by atoms with Gasteiger partial charge < -0.3 is 14.5 Å². The van der Waals surface area contributed by atoms with Gasteiger partial charge in [0.15, 0.2) is 0 Å². The van der Waals surface area contributed by atoms with Crippen molar-refractivity contribution < 1.29 is 19.1 Å². The molecule has 24 heavy (non-hydrogen) atoms. The molecule has 0 saturated carbocycles. The zero-order chi connectivity index (χ0) is 17.5. The van der Waals surface area contributed by atoms with E-state index >= 15 is 0 Å². The van der Waals surface area contributed by atoms with E-state index in [0.717, 1.165) is 16.4 Å². The molecule has 0 unspecified atom stereocenters. The number of carbonyl (C=O) groups is 2. The van der Waals surface area contributed by atoms with Crippen LogP contribution in [0.25, 0.3) is 0 Å². The van der Waals surface area contributed by atoms with Crippen molar-refractivity contribution in [2.45, 2.75) is 33.1 Å². The van der Waals surface area contributed by atoms with E-state index in [0.29, 0.717) is 29.0 Å². The number of ether oxygens (including phenoxy) is 2. The largest absolute Gasteiger partial charge is 0.461 e. The lowest BCUT2D eigenvalue weighted by Gasteiger charge is -2.08. The average Bonchev–Trinajstić information content (AvgIpc) is 2.99. The van der Waals surface area contributed by atoms with E-state index < -0.39 is 11.9 Å². The van der Waals surface area contributed by atoms with Gasteiger partial charge in [-0.3, -0.25) is 0 Å². The summed E-state index contributed by atoms with van der Waals surface area (Å²) in [6, 6.07) is 7.29. The number of esters is 2. The summed E-state index contributed by atoms with van der Waals surface area (Å²) in [5.41, 5.74) is 1.37. The minimum atomic E-state index is -0.475. The number of unbranched alkanes of at least 4 members (excludes halogenated alkanes) is 1. The summed E-state index contributed by atoms with van der Waals surface area (Å²) in [6.07, 6.45) is 3.96. The third-order valence-corrected chi connectivity index (χ3v) is 4.40. The summed E-state index contributed by atoms with van der Waals surface area (Å²) in [5.74, 6) is -0.419. The number of H-pyrrole nitrogens is 1. The van der Waals surface area contributed by atoms with Crippen LogP contribution in [-0.2, 0) is 11.2 Å². The molecule has 0 aliphatic carbocycles. The summed E-state index contributed by atoms with van der Waals surface area (Å²) in [7, 11) is 0. The fourth-order valence-electron chi connectivity index (χ4n) is 2.32. The van der Waals surface area contributed by atoms with E-state index in [1.54, 1.807) is 13.0 Å². The number of hydrogen-bond acceptors (Lipinski definition) is 4. The van der Waals surface area contributed by atoms with Crippen LogP contribution in [-0.4, -0.2) is 23.5 Å². The fourth-order valence-corrected chi connectivity index (χ4v) is 2.81. The van der Waals surface area contributed by atoms with Crippen molar-refractivity contribution >= 4 is 34.5 Å². The Hall–Kier alpha value is -1.83. The molecule has 1 aromatic carbocycles. The Kier molecular flexibility index (Phi) is 6.84. The number of benzene rings is 1. The molecule has 0 aliphatic heterocycles. The molecule has 1 N–H and O–H groups in total. The first-order valence-corrected chi connectivity index (χ1v) is 9.00. The van der Waals surface area contributed by atoms with Crippen molar-refractivity contribution in [2.24, 2.45) is 0 Å². The Morgan fingerprint density at radius 3 is 2.58 bits per heavy atom. The highest BCUT2D eigenvalue weighted by Gasteiger charge is 2.23. The summed E-state index contributed by atoms with van der Waals surface area (Å²) in [5, 5.41) is 0. The molecule has 1 aromatic heterocycles. The van der Waals surface area contributed by atoms with Crippen molar-refractivity contribution in [3.05, 3.63) is 50.9 Å². The van der Waals surface area contributed by atoms with Crippen LogP contribution in [0, 0.1) is 3.57 Å². The zero-order valence-electron chi connectivity index (χ0n) is 13.7. The van der Waals surface area contributed by atoms with E-state index in [1.807, 2.05) is 18.2 Å². The molecule has 5 nitrogen and oxygen atoms in total. The smallest absolute Gasteiger partial charge is 0.355 e. The first kappa shape index (κ1) is 18.5. The highest BCUT2D eigenvalue weighted by atomic mass is 127. The number of rotatable bonds is 7. The predicted octanol–water partition coefficient (Wildman–Crippen LogP) is 4.36. The minimum absolute atomic E-state index is 0.285.